The van der Waals surface area contributed by atoms with Crippen LogP contribution in [0.25, 0.3) is 11.0 Å². The second-order valence-corrected chi connectivity index (χ2v) is 8.90. The molecule has 1 atom stereocenters. The molecule has 0 bridgehead atoms. The molecule has 0 aliphatic carbocycles. The average Bonchev–Trinajstić information content (AvgIpc) is 3.30. The highest BCUT2D eigenvalue weighted by molar-refractivity contribution is 9.10. The second kappa shape index (κ2) is 7.15. The summed E-state index contributed by atoms with van der Waals surface area (Å²) < 4.78 is 33.8. The van der Waals surface area contributed by atoms with Crippen LogP contribution in [0.3, 0.4) is 0 Å². The third kappa shape index (κ3) is 3.60. The molecule has 11 heteroatoms. The van der Waals surface area contributed by atoms with Crippen LogP contribution in [0.1, 0.15) is 24.8 Å². The topological polar surface area (TPSA) is 127 Å². The zero-order chi connectivity index (χ0) is 19.9. The van der Waals surface area contributed by atoms with Crippen LogP contribution in [0.5, 0.6) is 0 Å². The average molecular weight is 467 g/mol. The fraction of sp³-hybridized carbons (Fsp3) is 0.235. The molecule has 3 aromatic rings. The number of nitro groups is 1. The van der Waals surface area contributed by atoms with Crippen molar-refractivity contribution in [1.29, 1.82) is 0 Å². The molecule has 1 saturated heterocycles. The summed E-state index contributed by atoms with van der Waals surface area (Å²) in [5.74, 6) is 0.705. The lowest BCUT2D eigenvalue weighted by Crippen LogP contribution is -2.14. The Morgan fingerprint density at radius 1 is 1.29 bits per heavy atom. The maximum absolute atomic E-state index is 12.7. The van der Waals surface area contributed by atoms with Gasteiger partial charge in [-0.3, -0.25) is 14.8 Å². The van der Waals surface area contributed by atoms with E-state index in [1.54, 1.807) is 18.2 Å². The number of aromatic amines is 1. The van der Waals surface area contributed by atoms with Crippen molar-refractivity contribution in [3.05, 3.63) is 56.8 Å². The molecule has 2 aromatic carbocycles. The summed E-state index contributed by atoms with van der Waals surface area (Å²) in [7, 11) is -4.15. The van der Waals surface area contributed by atoms with E-state index >= 15 is 0 Å². The third-order valence-electron chi connectivity index (χ3n) is 4.39. The van der Waals surface area contributed by atoms with E-state index in [0.29, 0.717) is 27.9 Å². The van der Waals surface area contributed by atoms with Gasteiger partial charge in [-0.2, -0.15) is 0 Å². The minimum atomic E-state index is -4.15. The lowest BCUT2D eigenvalue weighted by atomic mass is 10.2. The van der Waals surface area contributed by atoms with Crippen molar-refractivity contribution >= 4 is 48.4 Å². The Balaban J connectivity index is 1.66. The maximum Gasteiger partial charge on any atom is 0.291 e. The van der Waals surface area contributed by atoms with Crippen LogP contribution in [0.4, 0.5) is 11.4 Å². The number of imidazole rings is 1. The number of hydrogen-bond donors (Lipinski definition) is 2. The monoisotopic (exact) mass is 466 g/mol. The van der Waals surface area contributed by atoms with Gasteiger partial charge in [0.2, 0.25) is 0 Å². The second-order valence-electron chi connectivity index (χ2n) is 6.33. The first-order chi connectivity index (χ1) is 13.3. The minimum Gasteiger partial charge on any atom is -0.370 e. The fourth-order valence-electron chi connectivity index (χ4n) is 3.11. The van der Waals surface area contributed by atoms with Gasteiger partial charge in [-0.1, -0.05) is 15.9 Å². The number of anilines is 1. The molecule has 1 unspecified atom stereocenters. The standard InChI is InChI=1S/C17H15BrN4O5S/c18-10-3-6-16(14(8-10)22(23)24)28(25,26)21-11-4-5-12-13(9-11)20-17(19-12)15-2-1-7-27-15/h3-6,8-9,15,21H,1-2,7H2,(H,19,20). The van der Waals surface area contributed by atoms with Gasteiger partial charge in [0.15, 0.2) is 4.90 Å². The summed E-state index contributed by atoms with van der Waals surface area (Å²) in [6.45, 7) is 0.693. The van der Waals surface area contributed by atoms with Crippen molar-refractivity contribution < 1.29 is 18.1 Å². The van der Waals surface area contributed by atoms with Crippen LogP contribution < -0.4 is 4.72 Å². The van der Waals surface area contributed by atoms with Gasteiger partial charge in [0, 0.05) is 17.1 Å². The zero-order valence-electron chi connectivity index (χ0n) is 14.4. The molecule has 146 valence electrons. The van der Waals surface area contributed by atoms with E-state index in [1.807, 2.05) is 0 Å². The van der Waals surface area contributed by atoms with E-state index < -0.39 is 25.5 Å². The molecule has 1 aliphatic heterocycles. The van der Waals surface area contributed by atoms with Gasteiger partial charge in [0.05, 0.1) is 21.6 Å². The van der Waals surface area contributed by atoms with Gasteiger partial charge in [-0.15, -0.1) is 0 Å². The number of nitro benzene ring substituents is 1. The molecule has 0 saturated carbocycles. The first-order valence-corrected chi connectivity index (χ1v) is 10.7. The van der Waals surface area contributed by atoms with Crippen molar-refractivity contribution in [3.63, 3.8) is 0 Å². The number of nitrogens with one attached hydrogen (secondary N) is 2. The Morgan fingerprint density at radius 2 is 2.11 bits per heavy atom. The Morgan fingerprint density at radius 3 is 2.82 bits per heavy atom. The number of nitrogens with zero attached hydrogens (tertiary/aromatic N) is 2. The third-order valence-corrected chi connectivity index (χ3v) is 6.32. The number of sulfonamides is 1. The first-order valence-electron chi connectivity index (χ1n) is 8.41. The molecule has 1 fully saturated rings. The van der Waals surface area contributed by atoms with Crippen LogP contribution >= 0.6 is 15.9 Å². The molecule has 28 heavy (non-hydrogen) atoms. The summed E-state index contributed by atoms with van der Waals surface area (Å²) in [6, 6.07) is 8.62. The molecule has 4 rings (SSSR count). The first kappa shape index (κ1) is 18.8. The maximum atomic E-state index is 12.7. The number of hydrogen-bond acceptors (Lipinski definition) is 6. The molecule has 2 N–H and O–H groups in total. The van der Waals surface area contributed by atoms with Crippen molar-refractivity contribution in [1.82, 2.24) is 9.97 Å². The predicted molar refractivity (Wildman–Crippen MR) is 106 cm³/mol. The van der Waals surface area contributed by atoms with Crippen molar-refractivity contribution in [2.24, 2.45) is 0 Å². The van der Waals surface area contributed by atoms with Gasteiger partial charge in [0.1, 0.15) is 11.9 Å². The number of fused-ring (bicyclic) bond motifs is 1. The predicted octanol–water partition coefficient (Wildman–Crippen LogP) is 3.89. The Kier molecular flexibility index (Phi) is 4.81. The van der Waals surface area contributed by atoms with E-state index in [2.05, 4.69) is 30.6 Å². The van der Waals surface area contributed by atoms with Gasteiger partial charge < -0.3 is 9.72 Å². The number of benzene rings is 2. The van der Waals surface area contributed by atoms with Crippen LogP contribution in [0.2, 0.25) is 0 Å². The molecule has 0 spiro atoms. The van der Waals surface area contributed by atoms with Crippen LogP contribution in [-0.4, -0.2) is 29.9 Å². The highest BCUT2D eigenvalue weighted by Gasteiger charge is 2.26. The molecular weight excluding hydrogens is 452 g/mol. The SMILES string of the molecule is O=[N+]([O-])c1cc(Br)ccc1S(=O)(=O)Nc1ccc2nc(C3CCCO3)[nH]c2c1. The number of ether oxygens (including phenoxy) is 1. The Bertz CT molecular complexity index is 1170. The molecular formula is C17H15BrN4O5S. The number of rotatable bonds is 5. The van der Waals surface area contributed by atoms with Crippen LogP contribution in [0, 0.1) is 10.1 Å². The smallest absolute Gasteiger partial charge is 0.291 e. The van der Waals surface area contributed by atoms with Crippen molar-refractivity contribution in [3.8, 4) is 0 Å². The zero-order valence-corrected chi connectivity index (χ0v) is 16.8. The molecule has 9 nitrogen and oxygen atoms in total. The van der Waals surface area contributed by atoms with Crippen LogP contribution in [-0.2, 0) is 14.8 Å². The summed E-state index contributed by atoms with van der Waals surface area (Å²) >= 11 is 3.11. The fourth-order valence-corrected chi connectivity index (χ4v) is 4.66. The van der Waals surface area contributed by atoms with Gasteiger partial charge in [-0.25, -0.2) is 13.4 Å². The van der Waals surface area contributed by atoms with Crippen molar-refractivity contribution in [2.45, 2.75) is 23.8 Å². The van der Waals surface area contributed by atoms with E-state index in [-0.39, 0.29) is 11.8 Å². The summed E-state index contributed by atoms with van der Waals surface area (Å²) in [4.78, 5) is 17.7. The lowest BCUT2D eigenvalue weighted by Gasteiger charge is -2.09. The van der Waals surface area contributed by atoms with E-state index in [1.165, 1.54) is 12.1 Å². The van der Waals surface area contributed by atoms with Crippen molar-refractivity contribution in [2.75, 3.05) is 11.3 Å². The quantitative estimate of drug-likeness (QED) is 0.433. The largest absolute Gasteiger partial charge is 0.370 e. The highest BCUT2D eigenvalue weighted by atomic mass is 79.9. The van der Waals surface area contributed by atoms with Gasteiger partial charge in [-0.05, 0) is 43.2 Å². The molecule has 2 heterocycles. The Hall–Kier alpha value is -2.50. The van der Waals surface area contributed by atoms with E-state index in [9.17, 15) is 18.5 Å². The summed E-state index contributed by atoms with van der Waals surface area (Å²) in [5.41, 5.74) is 1.09. The molecule has 1 aliphatic rings. The number of H-pyrrole nitrogens is 1. The Labute approximate surface area is 168 Å². The minimum absolute atomic E-state index is 0.0852. The lowest BCUT2D eigenvalue weighted by molar-refractivity contribution is -0.387. The van der Waals surface area contributed by atoms with Gasteiger partial charge in [0.25, 0.3) is 15.7 Å². The highest BCUT2D eigenvalue weighted by Crippen LogP contribution is 2.31. The summed E-state index contributed by atoms with van der Waals surface area (Å²) in [6.07, 6.45) is 1.77. The van der Waals surface area contributed by atoms with E-state index in [4.69, 9.17) is 4.74 Å². The van der Waals surface area contributed by atoms with Crippen LogP contribution in [0.15, 0.2) is 45.8 Å². The normalized spacial score (nSPS) is 17.1. The van der Waals surface area contributed by atoms with Gasteiger partial charge >= 0.3 is 0 Å². The number of halogens is 1. The molecule has 0 amide bonds. The molecule has 1 aromatic heterocycles. The summed E-state index contributed by atoms with van der Waals surface area (Å²) in [5, 5.41) is 11.2. The molecule has 0 radical (unpaired) electrons. The van der Waals surface area contributed by atoms with E-state index in [0.717, 1.165) is 18.9 Å². The number of aromatic nitrogens is 2.